The first-order valence-corrected chi connectivity index (χ1v) is 7.85. The molecular weight excluding hydrogens is 256 g/mol. The summed E-state index contributed by atoms with van der Waals surface area (Å²) in [6, 6.07) is 8.67. The van der Waals surface area contributed by atoms with E-state index in [9.17, 15) is 4.79 Å². The number of amides is 1. The van der Waals surface area contributed by atoms with Crippen molar-refractivity contribution in [3.8, 4) is 0 Å². The molecule has 0 aromatic heterocycles. The molecule has 0 spiro atoms. The fourth-order valence-electron chi connectivity index (χ4n) is 2.37. The number of likely N-dealkylation sites (tertiary alicyclic amines) is 1. The van der Waals surface area contributed by atoms with Crippen LogP contribution in [0.4, 0.5) is 0 Å². The molecular formula is C15H22N2OS. The topological polar surface area (TPSA) is 46.3 Å². The molecule has 1 aliphatic heterocycles. The average molecular weight is 278 g/mol. The smallest absolute Gasteiger partial charge is 0.220 e. The summed E-state index contributed by atoms with van der Waals surface area (Å²) >= 11 is 1.90. The Bertz CT molecular complexity index is 411. The largest absolute Gasteiger partial charge is 0.369 e. The number of hydrogen-bond donors (Lipinski definition) is 1. The molecule has 3 nitrogen and oxygen atoms in total. The van der Waals surface area contributed by atoms with Gasteiger partial charge in [0.15, 0.2) is 0 Å². The normalized spacial score (nSPS) is 17.5. The van der Waals surface area contributed by atoms with Gasteiger partial charge in [-0.15, -0.1) is 11.8 Å². The molecule has 0 unspecified atom stereocenters. The van der Waals surface area contributed by atoms with Crippen LogP contribution in [0.5, 0.6) is 0 Å². The summed E-state index contributed by atoms with van der Waals surface area (Å²) in [5.41, 5.74) is 6.64. The van der Waals surface area contributed by atoms with E-state index in [0.717, 1.165) is 38.2 Å². The van der Waals surface area contributed by atoms with E-state index in [1.807, 2.05) is 11.8 Å². The van der Waals surface area contributed by atoms with Gasteiger partial charge in [0.2, 0.25) is 5.91 Å². The summed E-state index contributed by atoms with van der Waals surface area (Å²) in [5, 5.41) is 0. The summed E-state index contributed by atoms with van der Waals surface area (Å²) in [5.74, 6) is 1.07. The van der Waals surface area contributed by atoms with Gasteiger partial charge >= 0.3 is 0 Å². The number of thioether (sulfide) groups is 1. The Morgan fingerprint density at radius 3 is 2.53 bits per heavy atom. The molecule has 1 saturated heterocycles. The predicted octanol–water partition coefficient (Wildman–Crippen LogP) is 2.28. The second-order valence-electron chi connectivity index (χ2n) is 5.18. The van der Waals surface area contributed by atoms with Crippen molar-refractivity contribution in [2.75, 3.05) is 25.4 Å². The minimum absolute atomic E-state index is 0.0981. The van der Waals surface area contributed by atoms with Crippen LogP contribution in [0.25, 0.3) is 0 Å². The van der Waals surface area contributed by atoms with E-state index in [4.69, 9.17) is 5.73 Å². The van der Waals surface area contributed by atoms with Gasteiger partial charge in [0.25, 0.3) is 0 Å². The molecule has 0 bridgehead atoms. The summed E-state index contributed by atoms with van der Waals surface area (Å²) < 4.78 is 0. The van der Waals surface area contributed by atoms with Crippen molar-refractivity contribution in [3.63, 3.8) is 0 Å². The van der Waals surface area contributed by atoms with E-state index in [1.54, 1.807) is 0 Å². The fraction of sp³-hybridized carbons (Fsp3) is 0.533. The number of nitrogens with zero attached hydrogens (tertiary/aromatic N) is 1. The summed E-state index contributed by atoms with van der Waals surface area (Å²) in [7, 11) is 0. The monoisotopic (exact) mass is 278 g/mol. The molecule has 1 heterocycles. The Morgan fingerprint density at radius 1 is 1.32 bits per heavy atom. The maximum atomic E-state index is 11.1. The van der Waals surface area contributed by atoms with Crippen LogP contribution in [-0.2, 0) is 4.79 Å². The highest BCUT2D eigenvalue weighted by Gasteiger charge is 2.22. The van der Waals surface area contributed by atoms with Crippen molar-refractivity contribution < 1.29 is 4.79 Å². The van der Waals surface area contributed by atoms with Crippen LogP contribution >= 0.6 is 11.8 Å². The minimum Gasteiger partial charge on any atom is -0.369 e. The van der Waals surface area contributed by atoms with E-state index in [1.165, 1.54) is 10.5 Å². The van der Waals surface area contributed by atoms with Gasteiger partial charge in [-0.2, -0.15) is 0 Å². The van der Waals surface area contributed by atoms with Crippen LogP contribution in [0.2, 0.25) is 0 Å². The molecule has 0 radical (unpaired) electrons. The second-order valence-corrected chi connectivity index (χ2v) is 6.35. The first-order chi connectivity index (χ1) is 9.15. The fourth-order valence-corrected chi connectivity index (χ4v) is 3.28. The zero-order valence-corrected chi connectivity index (χ0v) is 12.3. The molecule has 0 atom stereocenters. The molecule has 1 aromatic rings. The SMILES string of the molecule is Cc1ccc(SCCN2CCC(C(N)=O)CC2)cc1. The van der Waals surface area contributed by atoms with Crippen molar-refractivity contribution in [1.82, 2.24) is 4.90 Å². The zero-order valence-electron chi connectivity index (χ0n) is 11.5. The molecule has 0 saturated carbocycles. The maximum absolute atomic E-state index is 11.1. The minimum atomic E-state index is -0.131. The molecule has 4 heteroatoms. The number of benzene rings is 1. The second kappa shape index (κ2) is 6.96. The summed E-state index contributed by atoms with van der Waals surface area (Å²) in [4.78, 5) is 14.8. The maximum Gasteiger partial charge on any atom is 0.220 e. The quantitative estimate of drug-likeness (QED) is 0.841. The first-order valence-electron chi connectivity index (χ1n) is 6.86. The Labute approximate surface area is 119 Å². The number of piperidine rings is 1. The number of hydrogen-bond acceptors (Lipinski definition) is 3. The first kappa shape index (κ1) is 14.4. The van der Waals surface area contributed by atoms with Crippen molar-refractivity contribution in [2.45, 2.75) is 24.7 Å². The molecule has 1 aliphatic rings. The Kier molecular flexibility index (Phi) is 5.28. The van der Waals surface area contributed by atoms with Crippen molar-refractivity contribution in [3.05, 3.63) is 29.8 Å². The molecule has 104 valence electrons. The van der Waals surface area contributed by atoms with Gasteiger partial charge in [-0.3, -0.25) is 4.79 Å². The lowest BCUT2D eigenvalue weighted by molar-refractivity contribution is -0.123. The molecule has 0 aliphatic carbocycles. The predicted molar refractivity (Wildman–Crippen MR) is 80.3 cm³/mol. The van der Waals surface area contributed by atoms with E-state index in [0.29, 0.717) is 0 Å². The van der Waals surface area contributed by atoms with E-state index in [-0.39, 0.29) is 11.8 Å². The number of carbonyl (C=O) groups is 1. The van der Waals surface area contributed by atoms with Gasteiger partial charge < -0.3 is 10.6 Å². The molecule has 2 N–H and O–H groups in total. The lowest BCUT2D eigenvalue weighted by Crippen LogP contribution is -2.39. The lowest BCUT2D eigenvalue weighted by atomic mass is 9.96. The molecule has 2 rings (SSSR count). The molecule has 19 heavy (non-hydrogen) atoms. The van der Waals surface area contributed by atoms with Crippen molar-refractivity contribution in [1.29, 1.82) is 0 Å². The van der Waals surface area contributed by atoms with Crippen LogP contribution in [0.3, 0.4) is 0 Å². The Balaban J connectivity index is 1.67. The van der Waals surface area contributed by atoms with Gasteiger partial charge in [0, 0.05) is 23.1 Å². The standard InChI is InChI=1S/C15H22N2OS/c1-12-2-4-14(5-3-12)19-11-10-17-8-6-13(7-9-17)15(16)18/h2-5,13H,6-11H2,1H3,(H2,16,18). The van der Waals surface area contributed by atoms with E-state index >= 15 is 0 Å². The number of nitrogens with two attached hydrogens (primary N) is 1. The van der Waals surface area contributed by atoms with Crippen LogP contribution in [0.15, 0.2) is 29.2 Å². The highest BCUT2D eigenvalue weighted by Crippen LogP contribution is 2.20. The highest BCUT2D eigenvalue weighted by atomic mass is 32.2. The number of aryl methyl sites for hydroxylation is 1. The Morgan fingerprint density at radius 2 is 1.95 bits per heavy atom. The van der Waals surface area contributed by atoms with Gasteiger partial charge in [-0.05, 0) is 45.0 Å². The van der Waals surface area contributed by atoms with E-state index < -0.39 is 0 Å². The third kappa shape index (κ3) is 4.55. The summed E-state index contributed by atoms with van der Waals surface area (Å²) in [6.45, 7) is 5.20. The van der Waals surface area contributed by atoms with Gasteiger partial charge in [0.05, 0.1) is 0 Å². The third-order valence-electron chi connectivity index (χ3n) is 3.69. The van der Waals surface area contributed by atoms with Crippen molar-refractivity contribution >= 4 is 17.7 Å². The van der Waals surface area contributed by atoms with Crippen molar-refractivity contribution in [2.24, 2.45) is 11.7 Å². The number of carbonyl (C=O) groups excluding carboxylic acids is 1. The van der Waals surface area contributed by atoms with E-state index in [2.05, 4.69) is 36.1 Å². The number of rotatable bonds is 5. The average Bonchev–Trinajstić information content (AvgIpc) is 2.41. The molecule has 1 fully saturated rings. The highest BCUT2D eigenvalue weighted by molar-refractivity contribution is 7.99. The Hall–Kier alpha value is -1.00. The van der Waals surface area contributed by atoms with Crippen LogP contribution in [-0.4, -0.2) is 36.2 Å². The van der Waals surface area contributed by atoms with Gasteiger partial charge in [-0.25, -0.2) is 0 Å². The molecule has 1 amide bonds. The van der Waals surface area contributed by atoms with Crippen LogP contribution < -0.4 is 5.73 Å². The summed E-state index contributed by atoms with van der Waals surface area (Å²) in [6.07, 6.45) is 1.84. The van der Waals surface area contributed by atoms with Gasteiger partial charge in [-0.1, -0.05) is 17.7 Å². The van der Waals surface area contributed by atoms with Gasteiger partial charge in [0.1, 0.15) is 0 Å². The lowest BCUT2D eigenvalue weighted by Gasteiger charge is -2.30. The molecule has 1 aromatic carbocycles. The zero-order chi connectivity index (χ0) is 13.7. The van der Waals surface area contributed by atoms with Crippen LogP contribution in [0, 0.1) is 12.8 Å². The third-order valence-corrected chi connectivity index (χ3v) is 4.68. The number of primary amides is 1. The van der Waals surface area contributed by atoms with Crippen LogP contribution in [0.1, 0.15) is 18.4 Å².